The van der Waals surface area contributed by atoms with E-state index in [-0.39, 0.29) is 42.2 Å². The van der Waals surface area contributed by atoms with Gasteiger partial charge < -0.3 is 10.6 Å². The van der Waals surface area contributed by atoms with E-state index in [1.165, 1.54) is 0 Å². The smallest absolute Gasteiger partial charge is 0.240 e. The Labute approximate surface area is 163 Å². The van der Waals surface area contributed by atoms with Crippen LogP contribution in [0.1, 0.15) is 37.3 Å². The largest absolute Gasteiger partial charge is 0.338 e. The van der Waals surface area contributed by atoms with Crippen LogP contribution in [0.3, 0.4) is 0 Å². The molecule has 8 heteroatoms. The number of aryl methyl sites for hydroxylation is 2. The summed E-state index contributed by atoms with van der Waals surface area (Å²) in [5.74, 6) is 0.533. The normalized spacial score (nSPS) is 20.5. The molecule has 6 nitrogen and oxygen atoms in total. The van der Waals surface area contributed by atoms with Crippen molar-refractivity contribution in [2.45, 2.75) is 51.0 Å². The summed E-state index contributed by atoms with van der Waals surface area (Å²) >= 11 is 0. The number of nitrogens with zero attached hydrogens (tertiary/aromatic N) is 1. The summed E-state index contributed by atoms with van der Waals surface area (Å²) in [4.78, 5) is 14.5. The lowest BCUT2D eigenvalue weighted by molar-refractivity contribution is -0.135. The number of piperidine rings is 1. The molecule has 0 aliphatic carbocycles. The predicted molar refractivity (Wildman–Crippen MR) is 106 cm³/mol. The van der Waals surface area contributed by atoms with E-state index in [0.29, 0.717) is 19.0 Å². The van der Waals surface area contributed by atoms with Gasteiger partial charge in [-0.1, -0.05) is 13.0 Å². The maximum atomic E-state index is 12.4. The highest BCUT2D eigenvalue weighted by Crippen LogP contribution is 2.22. The van der Waals surface area contributed by atoms with E-state index in [1.807, 2.05) is 18.7 Å². The number of hydrogen-bond acceptors (Lipinski definition) is 4. The molecule has 3 N–H and O–H groups in total. The molecule has 2 rings (SSSR count). The number of sulfonamides is 1. The molecule has 1 saturated heterocycles. The molecule has 1 aliphatic heterocycles. The number of carbonyl (C=O) groups excluding carboxylic acids is 1. The minimum Gasteiger partial charge on any atom is -0.338 e. The Hall–Kier alpha value is -1.15. The topological polar surface area (TPSA) is 92.5 Å². The Morgan fingerprint density at radius 3 is 2.62 bits per heavy atom. The van der Waals surface area contributed by atoms with E-state index in [1.54, 1.807) is 18.2 Å². The van der Waals surface area contributed by atoms with Crippen molar-refractivity contribution in [3.63, 3.8) is 0 Å². The number of amides is 1. The molecule has 2 unspecified atom stereocenters. The van der Waals surface area contributed by atoms with Crippen molar-refractivity contribution < 1.29 is 13.2 Å². The molecule has 1 amide bonds. The molecule has 0 saturated carbocycles. The summed E-state index contributed by atoms with van der Waals surface area (Å²) in [7, 11) is -3.60. The summed E-state index contributed by atoms with van der Waals surface area (Å²) in [5, 5.41) is 0. The Morgan fingerprint density at radius 2 is 2.00 bits per heavy atom. The van der Waals surface area contributed by atoms with Crippen LogP contribution < -0.4 is 10.5 Å². The van der Waals surface area contributed by atoms with Crippen molar-refractivity contribution >= 4 is 28.3 Å². The van der Waals surface area contributed by atoms with Gasteiger partial charge in [-0.3, -0.25) is 4.79 Å². The second-order valence-corrected chi connectivity index (χ2v) is 8.77. The molecule has 2 atom stereocenters. The first-order valence-corrected chi connectivity index (χ1v) is 10.3. The van der Waals surface area contributed by atoms with Gasteiger partial charge in [-0.2, -0.15) is 0 Å². The fraction of sp³-hybridized carbons (Fsp3) is 0.611. The molecular formula is C18H30ClN3O3S. The number of nitrogens with one attached hydrogen (secondary N) is 1. The maximum absolute atomic E-state index is 12.4. The average Bonchev–Trinajstić information content (AvgIpc) is 2.56. The number of likely N-dealkylation sites (tertiary alicyclic amines) is 1. The van der Waals surface area contributed by atoms with Crippen molar-refractivity contribution in [1.29, 1.82) is 0 Å². The third-order valence-corrected chi connectivity index (χ3v) is 6.45. The zero-order valence-electron chi connectivity index (χ0n) is 15.7. The van der Waals surface area contributed by atoms with Crippen LogP contribution in [0, 0.1) is 19.8 Å². The van der Waals surface area contributed by atoms with Gasteiger partial charge in [-0.05, 0) is 55.9 Å². The molecule has 1 heterocycles. The van der Waals surface area contributed by atoms with Gasteiger partial charge in [0.15, 0.2) is 0 Å². The Morgan fingerprint density at radius 1 is 1.31 bits per heavy atom. The number of benzene rings is 1. The third kappa shape index (κ3) is 5.67. The second-order valence-electron chi connectivity index (χ2n) is 7.00. The quantitative estimate of drug-likeness (QED) is 0.759. The molecule has 26 heavy (non-hydrogen) atoms. The van der Waals surface area contributed by atoms with E-state index >= 15 is 0 Å². The molecule has 1 fully saturated rings. The van der Waals surface area contributed by atoms with Gasteiger partial charge in [0.25, 0.3) is 0 Å². The highest BCUT2D eigenvalue weighted by Gasteiger charge is 2.28. The fourth-order valence-electron chi connectivity index (χ4n) is 3.20. The first kappa shape index (κ1) is 22.9. The highest BCUT2D eigenvalue weighted by atomic mass is 35.5. The van der Waals surface area contributed by atoms with E-state index in [2.05, 4.69) is 11.6 Å². The van der Waals surface area contributed by atoms with Crippen LogP contribution in [0.2, 0.25) is 0 Å². The zero-order chi connectivity index (χ0) is 18.6. The number of nitrogens with two attached hydrogens (primary N) is 1. The number of halogens is 1. The van der Waals surface area contributed by atoms with Crippen molar-refractivity contribution in [3.8, 4) is 0 Å². The van der Waals surface area contributed by atoms with Gasteiger partial charge in [0.05, 0.1) is 4.90 Å². The molecule has 1 aliphatic rings. The van der Waals surface area contributed by atoms with E-state index in [9.17, 15) is 13.2 Å². The van der Waals surface area contributed by atoms with Crippen LogP contribution in [-0.2, 0) is 14.8 Å². The van der Waals surface area contributed by atoms with Crippen LogP contribution in [0.15, 0.2) is 23.1 Å². The highest BCUT2D eigenvalue weighted by molar-refractivity contribution is 7.89. The van der Waals surface area contributed by atoms with Crippen molar-refractivity contribution in [1.82, 2.24) is 9.62 Å². The van der Waals surface area contributed by atoms with Crippen molar-refractivity contribution in [2.24, 2.45) is 11.7 Å². The predicted octanol–water partition coefficient (Wildman–Crippen LogP) is 1.98. The minimum absolute atomic E-state index is 0. The van der Waals surface area contributed by atoms with Crippen molar-refractivity contribution in [3.05, 3.63) is 29.3 Å². The number of carbonyl (C=O) groups is 1. The van der Waals surface area contributed by atoms with Crippen LogP contribution in [0.25, 0.3) is 0 Å². The molecule has 0 aromatic heterocycles. The maximum Gasteiger partial charge on any atom is 0.240 e. The van der Waals surface area contributed by atoms with E-state index in [0.717, 1.165) is 24.0 Å². The molecule has 148 valence electrons. The monoisotopic (exact) mass is 403 g/mol. The number of hydrogen-bond donors (Lipinski definition) is 2. The molecule has 0 radical (unpaired) electrons. The van der Waals surface area contributed by atoms with Crippen LogP contribution in [-0.4, -0.2) is 44.9 Å². The van der Waals surface area contributed by atoms with Gasteiger partial charge >= 0.3 is 0 Å². The Bertz CT molecular complexity index is 724. The lowest BCUT2D eigenvalue weighted by Crippen LogP contribution is -2.49. The number of rotatable bonds is 6. The SMILES string of the molecule is Cc1ccc(S(=O)(=O)NCCC(=O)N2CCC(C)CC2CN)cc1C.Cl. The second kappa shape index (κ2) is 9.69. The van der Waals surface area contributed by atoms with Gasteiger partial charge in [-0.15, -0.1) is 12.4 Å². The van der Waals surface area contributed by atoms with Crippen LogP contribution in [0.5, 0.6) is 0 Å². The fourth-order valence-corrected chi connectivity index (χ4v) is 4.32. The average molecular weight is 404 g/mol. The Kier molecular flexibility index (Phi) is 8.53. The van der Waals surface area contributed by atoms with E-state index < -0.39 is 10.0 Å². The van der Waals surface area contributed by atoms with Gasteiger partial charge in [0, 0.05) is 32.1 Å². The summed E-state index contributed by atoms with van der Waals surface area (Å²) < 4.78 is 27.2. The molecular weight excluding hydrogens is 374 g/mol. The summed E-state index contributed by atoms with van der Waals surface area (Å²) in [6.45, 7) is 7.23. The zero-order valence-corrected chi connectivity index (χ0v) is 17.3. The van der Waals surface area contributed by atoms with Gasteiger partial charge in [0.2, 0.25) is 15.9 Å². The van der Waals surface area contributed by atoms with Crippen LogP contribution >= 0.6 is 12.4 Å². The van der Waals surface area contributed by atoms with Crippen LogP contribution in [0.4, 0.5) is 0 Å². The standard InChI is InChI=1S/C18H29N3O3S.ClH/c1-13-7-9-21(16(10-13)12-19)18(22)6-8-20-25(23,24)17-5-4-14(2)15(3)11-17;/h4-5,11,13,16,20H,6-10,12,19H2,1-3H3;1H. The van der Waals surface area contributed by atoms with Gasteiger partial charge in [-0.25, -0.2) is 13.1 Å². The molecule has 0 bridgehead atoms. The lowest BCUT2D eigenvalue weighted by atomic mass is 9.92. The van der Waals surface area contributed by atoms with E-state index in [4.69, 9.17) is 5.73 Å². The first-order chi connectivity index (χ1) is 11.7. The lowest BCUT2D eigenvalue weighted by Gasteiger charge is -2.38. The molecule has 1 aromatic carbocycles. The summed E-state index contributed by atoms with van der Waals surface area (Å²) in [6, 6.07) is 5.09. The molecule has 0 spiro atoms. The summed E-state index contributed by atoms with van der Waals surface area (Å²) in [6.07, 6.45) is 2.03. The summed E-state index contributed by atoms with van der Waals surface area (Å²) in [5.41, 5.74) is 7.75. The Balaban J connectivity index is 0.00000338. The van der Waals surface area contributed by atoms with Gasteiger partial charge in [0.1, 0.15) is 0 Å². The first-order valence-electron chi connectivity index (χ1n) is 8.81. The minimum atomic E-state index is -3.60. The van der Waals surface area contributed by atoms with Crippen molar-refractivity contribution in [2.75, 3.05) is 19.6 Å². The third-order valence-electron chi connectivity index (χ3n) is 4.99. The molecule has 1 aromatic rings.